The van der Waals surface area contributed by atoms with Crippen LogP contribution in [0.15, 0.2) is 22.7 Å². The van der Waals surface area contributed by atoms with Crippen LogP contribution in [0.25, 0.3) is 5.69 Å². The third-order valence-corrected chi connectivity index (χ3v) is 3.65. The summed E-state index contributed by atoms with van der Waals surface area (Å²) in [6.07, 6.45) is 2.94. The minimum atomic E-state index is 0.662. The molecule has 5 heteroatoms. The largest absolute Gasteiger partial charge is 0.272 e. The number of rotatable bonds is 4. The zero-order valence-corrected chi connectivity index (χ0v) is 12.9. The van der Waals surface area contributed by atoms with Crippen molar-refractivity contribution in [3.8, 4) is 5.69 Å². The second kappa shape index (κ2) is 5.80. The second-order valence-corrected chi connectivity index (χ2v) is 5.46. The number of aryl methyl sites for hydroxylation is 2. The molecule has 1 N–H and O–H groups in total. The molecule has 0 saturated heterocycles. The van der Waals surface area contributed by atoms with Gasteiger partial charge in [-0.1, -0.05) is 29.8 Å². The smallest absolute Gasteiger partial charge is 0.199 e. The highest BCUT2D eigenvalue weighted by Gasteiger charge is 2.11. The molecule has 0 radical (unpaired) electrons. The molecule has 96 valence electrons. The maximum atomic E-state index is 5.34. The van der Waals surface area contributed by atoms with E-state index in [9.17, 15) is 0 Å². The Kier molecular flexibility index (Phi) is 4.35. The average molecular weight is 326 g/mol. The van der Waals surface area contributed by atoms with Gasteiger partial charge in [-0.25, -0.2) is 0 Å². The van der Waals surface area contributed by atoms with Crippen molar-refractivity contribution in [3.05, 3.63) is 38.8 Å². The molecule has 0 aliphatic rings. The van der Waals surface area contributed by atoms with Gasteiger partial charge in [-0.15, -0.1) is 0 Å². The molecular weight excluding hydrogens is 310 g/mol. The van der Waals surface area contributed by atoms with Crippen molar-refractivity contribution < 1.29 is 0 Å². The second-order valence-electron chi connectivity index (χ2n) is 4.16. The van der Waals surface area contributed by atoms with Gasteiger partial charge in [-0.3, -0.25) is 9.67 Å². The molecule has 0 unspecified atom stereocenters. The zero-order valence-electron chi connectivity index (χ0n) is 10.5. The molecule has 2 aromatic rings. The Bertz CT molecular complexity index is 601. The van der Waals surface area contributed by atoms with Crippen LogP contribution in [0.5, 0.6) is 0 Å². The van der Waals surface area contributed by atoms with E-state index in [1.165, 1.54) is 5.56 Å². The summed E-state index contributed by atoms with van der Waals surface area (Å²) < 4.78 is 3.80. The lowest BCUT2D eigenvalue weighted by atomic mass is 10.1. The fraction of sp³-hybridized carbons (Fsp3) is 0.385. The summed E-state index contributed by atoms with van der Waals surface area (Å²) in [5, 5.41) is 7.20. The maximum absolute atomic E-state index is 5.34. The van der Waals surface area contributed by atoms with Crippen molar-refractivity contribution in [3.63, 3.8) is 0 Å². The number of aromatic amines is 1. The SMILES string of the molecule is CCCc1n[nH]c(=S)n1-c1ccc(Br)cc1CC. The lowest BCUT2D eigenvalue weighted by Crippen LogP contribution is -2.04. The molecule has 0 fully saturated rings. The van der Waals surface area contributed by atoms with Crippen LogP contribution in [0.1, 0.15) is 31.7 Å². The number of nitrogens with zero attached hydrogens (tertiary/aromatic N) is 2. The number of halogens is 1. The van der Waals surface area contributed by atoms with E-state index in [1.807, 2.05) is 10.6 Å². The highest BCUT2D eigenvalue weighted by molar-refractivity contribution is 9.10. The lowest BCUT2D eigenvalue weighted by Gasteiger charge is -2.11. The Hall–Kier alpha value is -0.940. The van der Waals surface area contributed by atoms with Crippen molar-refractivity contribution in [2.45, 2.75) is 33.1 Å². The molecule has 1 aromatic heterocycles. The van der Waals surface area contributed by atoms with Crippen molar-refractivity contribution in [1.29, 1.82) is 0 Å². The molecule has 0 saturated carbocycles. The minimum Gasteiger partial charge on any atom is -0.272 e. The quantitative estimate of drug-likeness (QED) is 0.854. The fourth-order valence-electron chi connectivity index (χ4n) is 2.02. The number of aromatic nitrogens is 3. The Morgan fingerprint density at radius 3 is 2.83 bits per heavy atom. The number of hydrogen-bond acceptors (Lipinski definition) is 2. The average Bonchev–Trinajstić information content (AvgIpc) is 2.71. The Morgan fingerprint density at radius 1 is 1.39 bits per heavy atom. The summed E-state index contributed by atoms with van der Waals surface area (Å²) in [5.74, 6) is 1.000. The summed E-state index contributed by atoms with van der Waals surface area (Å²) in [6.45, 7) is 4.29. The van der Waals surface area contributed by atoms with E-state index in [0.717, 1.165) is 35.2 Å². The first-order valence-corrected chi connectivity index (χ1v) is 7.32. The van der Waals surface area contributed by atoms with E-state index >= 15 is 0 Å². The highest BCUT2D eigenvalue weighted by Crippen LogP contribution is 2.22. The molecule has 0 aliphatic heterocycles. The third-order valence-electron chi connectivity index (χ3n) is 2.88. The third kappa shape index (κ3) is 2.57. The molecule has 1 heterocycles. The van der Waals surface area contributed by atoms with Crippen LogP contribution in [0, 0.1) is 4.77 Å². The number of nitrogens with one attached hydrogen (secondary N) is 1. The predicted molar refractivity (Wildman–Crippen MR) is 79.8 cm³/mol. The first-order valence-electron chi connectivity index (χ1n) is 6.12. The van der Waals surface area contributed by atoms with Gasteiger partial charge in [-0.05, 0) is 48.8 Å². The molecule has 3 nitrogen and oxygen atoms in total. The number of H-pyrrole nitrogens is 1. The molecule has 0 bridgehead atoms. The Morgan fingerprint density at radius 2 is 2.17 bits per heavy atom. The van der Waals surface area contributed by atoms with Gasteiger partial charge in [0.2, 0.25) is 0 Å². The lowest BCUT2D eigenvalue weighted by molar-refractivity contribution is 0.797. The van der Waals surface area contributed by atoms with Crippen LogP contribution < -0.4 is 0 Å². The van der Waals surface area contributed by atoms with E-state index in [2.05, 4.69) is 52.1 Å². The molecule has 0 spiro atoms. The minimum absolute atomic E-state index is 0.662. The molecule has 0 aliphatic carbocycles. The topological polar surface area (TPSA) is 33.6 Å². The van der Waals surface area contributed by atoms with E-state index in [1.54, 1.807) is 0 Å². The summed E-state index contributed by atoms with van der Waals surface area (Å²) in [5.41, 5.74) is 2.39. The predicted octanol–water partition coefficient (Wildman–Crippen LogP) is 4.21. The first kappa shape index (κ1) is 13.5. The van der Waals surface area contributed by atoms with Crippen molar-refractivity contribution in [1.82, 2.24) is 14.8 Å². The molecule has 1 aromatic carbocycles. The summed E-state index contributed by atoms with van der Waals surface area (Å²) in [4.78, 5) is 0. The zero-order chi connectivity index (χ0) is 13.1. The summed E-state index contributed by atoms with van der Waals surface area (Å²) >= 11 is 8.85. The molecular formula is C13H16BrN3S. The normalized spacial score (nSPS) is 10.8. The van der Waals surface area contributed by atoms with E-state index in [-0.39, 0.29) is 0 Å². The van der Waals surface area contributed by atoms with E-state index in [0.29, 0.717) is 4.77 Å². The Balaban J connectivity index is 2.61. The van der Waals surface area contributed by atoms with Crippen molar-refractivity contribution in [2.24, 2.45) is 0 Å². The maximum Gasteiger partial charge on any atom is 0.199 e. The number of benzene rings is 1. The molecule has 2 rings (SSSR count). The van der Waals surface area contributed by atoms with Crippen LogP contribution >= 0.6 is 28.1 Å². The first-order chi connectivity index (χ1) is 8.67. The van der Waals surface area contributed by atoms with Crippen LogP contribution in [0.4, 0.5) is 0 Å². The van der Waals surface area contributed by atoms with Gasteiger partial charge in [0.05, 0.1) is 5.69 Å². The monoisotopic (exact) mass is 325 g/mol. The van der Waals surface area contributed by atoms with Crippen molar-refractivity contribution in [2.75, 3.05) is 0 Å². The van der Waals surface area contributed by atoms with Gasteiger partial charge in [-0.2, -0.15) is 5.10 Å². The van der Waals surface area contributed by atoms with Crippen LogP contribution in [-0.2, 0) is 12.8 Å². The summed E-state index contributed by atoms with van der Waals surface area (Å²) in [7, 11) is 0. The highest BCUT2D eigenvalue weighted by atomic mass is 79.9. The van der Waals surface area contributed by atoms with E-state index < -0.39 is 0 Å². The van der Waals surface area contributed by atoms with Gasteiger partial charge >= 0.3 is 0 Å². The van der Waals surface area contributed by atoms with Crippen LogP contribution in [0.3, 0.4) is 0 Å². The number of hydrogen-bond donors (Lipinski definition) is 1. The standard InChI is InChI=1S/C13H16BrN3S/c1-3-5-12-15-16-13(18)17(12)11-7-6-10(14)8-9(11)4-2/h6-8H,3-5H2,1-2H3,(H,16,18). The van der Waals surface area contributed by atoms with Gasteiger partial charge in [0, 0.05) is 10.9 Å². The van der Waals surface area contributed by atoms with E-state index in [4.69, 9.17) is 12.2 Å². The van der Waals surface area contributed by atoms with Gasteiger partial charge in [0.1, 0.15) is 5.82 Å². The molecule has 0 amide bonds. The molecule has 18 heavy (non-hydrogen) atoms. The van der Waals surface area contributed by atoms with Gasteiger partial charge in [0.15, 0.2) is 4.77 Å². The van der Waals surface area contributed by atoms with Crippen molar-refractivity contribution >= 4 is 28.1 Å². The van der Waals surface area contributed by atoms with Gasteiger partial charge < -0.3 is 0 Å². The Labute approximate surface area is 120 Å². The molecule has 0 atom stereocenters. The fourth-order valence-corrected chi connectivity index (χ4v) is 2.68. The summed E-state index contributed by atoms with van der Waals surface area (Å²) in [6, 6.07) is 6.27. The van der Waals surface area contributed by atoms with Gasteiger partial charge in [0.25, 0.3) is 0 Å². The van der Waals surface area contributed by atoms with Crippen LogP contribution in [0.2, 0.25) is 0 Å². The van der Waals surface area contributed by atoms with Crippen LogP contribution in [-0.4, -0.2) is 14.8 Å².